The van der Waals surface area contributed by atoms with Crippen molar-refractivity contribution in [3.63, 3.8) is 0 Å². The molecule has 0 aromatic rings. The van der Waals surface area contributed by atoms with Crippen LogP contribution in [0.4, 0.5) is 0 Å². The summed E-state index contributed by atoms with van der Waals surface area (Å²) in [5.41, 5.74) is 8.03. The van der Waals surface area contributed by atoms with E-state index in [0.717, 1.165) is 49.7 Å². The van der Waals surface area contributed by atoms with Gasteiger partial charge in [0.05, 0.1) is 61.0 Å². The van der Waals surface area contributed by atoms with E-state index in [2.05, 4.69) is 27.0 Å². The second-order valence-electron chi connectivity index (χ2n) is 17.9. The lowest BCUT2D eigenvalue weighted by Gasteiger charge is -2.50. The Morgan fingerprint density at radius 2 is 1.62 bits per heavy atom. The molecule has 1 aliphatic carbocycles. The third-order valence-corrected chi connectivity index (χ3v) is 14.4. The number of aliphatic hydroxyl groups is 2. The number of rotatable bonds is 4. The average molecular weight is 730 g/mol. The standard InChI is InChI=1S/C41H63NO10/c1-20-10-28-6-8-32-21(2)11-30(48-32)17-41(45)18-35-23(4)36-39(51-35)40(52-41)38-33(50-36)9-7-29(49-38)15-26(43)16-31-24(14-34(47-28)22(20)3)12-25(37(31)46-5)13-27(44)19-42/h20,23-25,27-40,44-45H,2-3,6-19,42H2,1,4-5H3/t20-,23?,24+,25-,27+,28+,29-,30-,31+,32+,33+,34-,35-,36+,37+,38+,39-,40+,41+/m1/s1. The van der Waals surface area contributed by atoms with E-state index in [0.29, 0.717) is 44.4 Å². The number of nitrogens with two attached hydrogens (primary N) is 1. The number of fused-ring (bicyclic) bond motifs is 8. The zero-order chi connectivity index (χ0) is 36.5. The monoisotopic (exact) mass is 729 g/mol. The van der Waals surface area contributed by atoms with Crippen molar-refractivity contribution in [3.05, 3.63) is 24.3 Å². The van der Waals surface area contributed by atoms with Crippen molar-refractivity contribution >= 4 is 5.78 Å². The van der Waals surface area contributed by atoms with Crippen LogP contribution >= 0.6 is 0 Å². The molecule has 11 nitrogen and oxygen atoms in total. The van der Waals surface area contributed by atoms with Gasteiger partial charge < -0.3 is 49.1 Å². The van der Waals surface area contributed by atoms with Gasteiger partial charge in [0, 0.05) is 45.3 Å². The molecule has 10 bridgehead atoms. The van der Waals surface area contributed by atoms with Gasteiger partial charge in [0.25, 0.3) is 0 Å². The molecule has 0 aromatic heterocycles. The number of ether oxygens (including phenoxy) is 7. The van der Waals surface area contributed by atoms with Crippen LogP contribution in [0.1, 0.15) is 97.3 Å². The van der Waals surface area contributed by atoms with Crippen molar-refractivity contribution in [2.45, 2.75) is 182 Å². The highest BCUT2D eigenvalue weighted by Crippen LogP contribution is 2.51. The van der Waals surface area contributed by atoms with Crippen LogP contribution in [0.3, 0.4) is 0 Å². The summed E-state index contributed by atoms with van der Waals surface area (Å²) in [6.07, 6.45) is 4.81. The molecule has 4 N–H and O–H groups in total. The van der Waals surface area contributed by atoms with Crippen molar-refractivity contribution in [1.82, 2.24) is 0 Å². The van der Waals surface area contributed by atoms with Gasteiger partial charge in [-0.1, -0.05) is 27.0 Å². The summed E-state index contributed by atoms with van der Waals surface area (Å²) in [5, 5.41) is 22.8. The Hall–Kier alpha value is -1.25. The summed E-state index contributed by atoms with van der Waals surface area (Å²) < 4.78 is 46.4. The van der Waals surface area contributed by atoms with E-state index in [1.54, 1.807) is 7.11 Å². The molecule has 7 heterocycles. The highest BCUT2D eigenvalue weighted by molar-refractivity contribution is 5.79. The van der Waals surface area contributed by atoms with Gasteiger partial charge in [0.1, 0.15) is 24.1 Å². The van der Waals surface area contributed by atoms with Crippen LogP contribution in [0.25, 0.3) is 0 Å². The number of hydrogen-bond acceptors (Lipinski definition) is 11. The zero-order valence-corrected chi connectivity index (χ0v) is 31.4. The minimum absolute atomic E-state index is 0.0265. The third kappa shape index (κ3) is 7.26. The van der Waals surface area contributed by atoms with E-state index in [-0.39, 0.29) is 103 Å². The summed E-state index contributed by atoms with van der Waals surface area (Å²) in [7, 11) is 1.72. The molecule has 0 spiro atoms. The Bertz CT molecular complexity index is 1340. The molecule has 7 saturated heterocycles. The summed E-state index contributed by atoms with van der Waals surface area (Å²) in [6, 6.07) is 0. The number of methoxy groups -OCH3 is 1. The molecular weight excluding hydrogens is 666 g/mol. The van der Waals surface area contributed by atoms with E-state index in [1.165, 1.54) is 0 Å². The van der Waals surface area contributed by atoms with Gasteiger partial charge in [-0.3, -0.25) is 4.79 Å². The molecule has 0 amide bonds. The smallest absolute Gasteiger partial charge is 0.171 e. The molecule has 1 unspecified atom stereocenters. The summed E-state index contributed by atoms with van der Waals surface area (Å²) >= 11 is 0. The third-order valence-electron chi connectivity index (χ3n) is 14.4. The van der Waals surface area contributed by atoms with Crippen LogP contribution in [0, 0.1) is 29.6 Å². The Morgan fingerprint density at radius 3 is 2.40 bits per heavy atom. The topological polar surface area (TPSA) is 148 Å². The molecule has 7 aliphatic heterocycles. The van der Waals surface area contributed by atoms with E-state index in [1.807, 2.05) is 0 Å². The van der Waals surface area contributed by atoms with Gasteiger partial charge in [-0.2, -0.15) is 0 Å². The van der Waals surface area contributed by atoms with Crippen molar-refractivity contribution in [1.29, 1.82) is 0 Å². The molecule has 1 saturated carbocycles. The largest absolute Gasteiger partial charge is 0.392 e. The number of aliphatic hydroxyl groups excluding tert-OH is 1. The molecule has 0 radical (unpaired) electrons. The van der Waals surface area contributed by atoms with Crippen molar-refractivity contribution < 1.29 is 48.2 Å². The van der Waals surface area contributed by atoms with Crippen molar-refractivity contribution in [2.24, 2.45) is 35.3 Å². The molecule has 292 valence electrons. The maximum absolute atomic E-state index is 14.1. The lowest BCUT2D eigenvalue weighted by Crippen LogP contribution is -2.63. The minimum Gasteiger partial charge on any atom is -0.392 e. The summed E-state index contributed by atoms with van der Waals surface area (Å²) in [4.78, 5) is 14.1. The Labute approximate surface area is 309 Å². The second kappa shape index (κ2) is 15.0. The molecule has 8 fully saturated rings. The highest BCUT2D eigenvalue weighted by Gasteiger charge is 2.62. The van der Waals surface area contributed by atoms with Gasteiger partial charge in [0.15, 0.2) is 5.79 Å². The fourth-order valence-corrected chi connectivity index (χ4v) is 11.7. The number of carbonyl (C=O) groups excluding carboxylic acids is 1. The van der Waals surface area contributed by atoms with E-state index >= 15 is 0 Å². The zero-order valence-electron chi connectivity index (χ0n) is 31.4. The van der Waals surface area contributed by atoms with Crippen LogP contribution in [-0.2, 0) is 38.0 Å². The average Bonchev–Trinajstić information content (AvgIpc) is 3.68. The Morgan fingerprint density at radius 1 is 0.846 bits per heavy atom. The number of ketones is 1. The highest BCUT2D eigenvalue weighted by atomic mass is 16.7. The summed E-state index contributed by atoms with van der Waals surface area (Å²) in [5.74, 6) is -0.674. The minimum atomic E-state index is -1.45. The predicted octanol–water partition coefficient (Wildman–Crippen LogP) is 4.15. The van der Waals surface area contributed by atoms with Gasteiger partial charge in [-0.25, -0.2) is 0 Å². The molecule has 11 heteroatoms. The fraction of sp³-hybridized carbons (Fsp3) is 0.878. The lowest BCUT2D eigenvalue weighted by atomic mass is 9.79. The first-order valence-electron chi connectivity index (χ1n) is 20.4. The van der Waals surface area contributed by atoms with Crippen molar-refractivity contribution in [3.8, 4) is 0 Å². The van der Waals surface area contributed by atoms with Gasteiger partial charge in [-0.15, -0.1) is 0 Å². The van der Waals surface area contributed by atoms with Crippen LogP contribution in [0.15, 0.2) is 24.3 Å². The lowest BCUT2D eigenvalue weighted by molar-refractivity contribution is -0.320. The number of carbonyl (C=O) groups is 1. The van der Waals surface area contributed by atoms with Gasteiger partial charge in [-0.05, 0) is 92.6 Å². The maximum Gasteiger partial charge on any atom is 0.171 e. The molecular formula is C41H63NO10. The SMILES string of the molecule is C=C1C[C@@H]2C[C@@]3(O)C[C@H]4O[C@H]5[C@@H](O3)[C@H]3O[C@H](CC[C@@H]3O[C@H]5C4C)CC(=O)C[C@H]3[C@@H](C[C@H](C[C@H](O)CN)[C@@H]3OC)C[C@H]3O[C@@H](CC[C@@H]1O2)C[C@@H](C)C3=C. The first-order valence-corrected chi connectivity index (χ1v) is 20.4. The van der Waals surface area contributed by atoms with Crippen LogP contribution in [-0.4, -0.2) is 115 Å². The normalized spacial score (nSPS) is 51.6. The van der Waals surface area contributed by atoms with Crippen LogP contribution in [0.2, 0.25) is 0 Å². The summed E-state index contributed by atoms with van der Waals surface area (Å²) in [6.45, 7) is 13.5. The molecule has 19 atom stereocenters. The van der Waals surface area contributed by atoms with Crippen molar-refractivity contribution in [2.75, 3.05) is 13.7 Å². The number of hydrogen-bond donors (Lipinski definition) is 3. The maximum atomic E-state index is 14.1. The Kier molecular flexibility index (Phi) is 10.9. The van der Waals surface area contributed by atoms with Crippen LogP contribution in [0.5, 0.6) is 0 Å². The molecule has 52 heavy (non-hydrogen) atoms. The fourth-order valence-electron chi connectivity index (χ4n) is 11.7. The van der Waals surface area contributed by atoms with E-state index in [9.17, 15) is 15.0 Å². The van der Waals surface area contributed by atoms with E-state index in [4.69, 9.17) is 38.9 Å². The molecule has 8 rings (SSSR count). The quantitative estimate of drug-likeness (QED) is 0.359. The van der Waals surface area contributed by atoms with Crippen LogP contribution < -0.4 is 5.73 Å². The first kappa shape index (κ1) is 37.7. The van der Waals surface area contributed by atoms with E-state index < -0.39 is 24.1 Å². The second-order valence-corrected chi connectivity index (χ2v) is 17.9. The van der Waals surface area contributed by atoms with Gasteiger partial charge >= 0.3 is 0 Å². The molecule has 0 aromatic carbocycles. The van der Waals surface area contributed by atoms with Gasteiger partial charge in [0.2, 0.25) is 0 Å². The molecule has 8 aliphatic rings. The Balaban J connectivity index is 1.08. The number of Topliss-reactive ketones (excluding diaryl/α,β-unsaturated/α-hetero) is 1. The predicted molar refractivity (Wildman–Crippen MR) is 191 cm³/mol. The first-order chi connectivity index (χ1) is 24.9.